The van der Waals surface area contributed by atoms with Gasteiger partial charge in [-0.1, -0.05) is 12.1 Å². The van der Waals surface area contributed by atoms with Gasteiger partial charge in [0, 0.05) is 16.8 Å². The molecule has 0 unspecified atom stereocenters. The maximum Gasteiger partial charge on any atom is 0.189 e. The third kappa shape index (κ3) is 2.73. The Bertz CT molecular complexity index is 631. The number of hydrogen-bond donors (Lipinski definition) is 1. The monoisotopic (exact) mass is 335 g/mol. The molecule has 0 amide bonds. The fourth-order valence-electron chi connectivity index (χ4n) is 2.15. The molecule has 2 N–H and O–H groups in total. The van der Waals surface area contributed by atoms with Crippen molar-refractivity contribution >= 4 is 21.6 Å². The quantitative estimate of drug-likeness (QED) is 0.872. The molecule has 2 aromatic rings. The van der Waals surface area contributed by atoms with E-state index in [9.17, 15) is 0 Å². The molecule has 1 heterocycles. The largest absolute Gasteiger partial charge is 0.488 e. The number of para-hydroxylation sites is 1. The third-order valence-electron chi connectivity index (χ3n) is 3.03. The molecule has 0 spiro atoms. The van der Waals surface area contributed by atoms with Crippen molar-refractivity contribution < 1.29 is 14.2 Å². The second-order valence-corrected chi connectivity index (χ2v) is 5.35. The first-order valence-electron chi connectivity index (χ1n) is 6.23. The average Bonchev–Trinajstić information content (AvgIpc) is 2.46. The van der Waals surface area contributed by atoms with E-state index in [1.54, 1.807) is 0 Å². The third-order valence-corrected chi connectivity index (χ3v) is 3.68. The number of fused-ring (bicyclic) bond motifs is 1. The summed E-state index contributed by atoms with van der Waals surface area (Å²) in [5.74, 6) is 1.60. The van der Waals surface area contributed by atoms with E-state index in [1.165, 1.54) is 0 Å². The Morgan fingerprint density at radius 2 is 2.10 bits per heavy atom. The Morgan fingerprint density at radius 1 is 1.25 bits per heavy atom. The summed E-state index contributed by atoms with van der Waals surface area (Å²) in [4.78, 5) is 0. The summed E-state index contributed by atoms with van der Waals surface area (Å²) in [6, 6.07) is 11.5. The zero-order chi connectivity index (χ0) is 13.9. The van der Waals surface area contributed by atoms with Crippen LogP contribution < -0.4 is 15.2 Å². The van der Waals surface area contributed by atoms with Crippen LogP contribution in [-0.2, 0) is 18.0 Å². The molecule has 0 saturated carbocycles. The molecule has 0 aliphatic carbocycles. The fourth-order valence-corrected chi connectivity index (χ4v) is 2.55. The van der Waals surface area contributed by atoms with Gasteiger partial charge in [-0.05, 0) is 40.2 Å². The molecule has 0 aromatic heterocycles. The lowest BCUT2D eigenvalue weighted by Crippen LogP contribution is -2.14. The average molecular weight is 336 g/mol. The molecule has 0 fully saturated rings. The van der Waals surface area contributed by atoms with Gasteiger partial charge >= 0.3 is 0 Å². The van der Waals surface area contributed by atoms with E-state index in [4.69, 9.17) is 19.9 Å². The zero-order valence-corrected chi connectivity index (χ0v) is 12.4. The van der Waals surface area contributed by atoms with Crippen molar-refractivity contribution in [3.05, 3.63) is 52.0 Å². The van der Waals surface area contributed by atoms with E-state index in [0.29, 0.717) is 18.9 Å². The van der Waals surface area contributed by atoms with Crippen molar-refractivity contribution in [2.45, 2.75) is 13.2 Å². The van der Waals surface area contributed by atoms with Gasteiger partial charge in [0.1, 0.15) is 18.1 Å². The summed E-state index contributed by atoms with van der Waals surface area (Å²) in [5, 5.41) is 0. The summed E-state index contributed by atoms with van der Waals surface area (Å²) in [6.45, 7) is 1.18. The van der Waals surface area contributed by atoms with Gasteiger partial charge in [0.2, 0.25) is 0 Å². The molecular weight excluding hydrogens is 322 g/mol. The van der Waals surface area contributed by atoms with Gasteiger partial charge < -0.3 is 19.9 Å². The van der Waals surface area contributed by atoms with E-state index in [1.807, 2.05) is 36.4 Å². The Kier molecular flexibility index (Phi) is 3.80. The number of ether oxygens (including phenoxy) is 3. The van der Waals surface area contributed by atoms with Crippen molar-refractivity contribution in [1.82, 2.24) is 0 Å². The lowest BCUT2D eigenvalue weighted by molar-refractivity contribution is -0.0175. The van der Waals surface area contributed by atoms with Crippen LogP contribution in [0.3, 0.4) is 0 Å². The van der Waals surface area contributed by atoms with Gasteiger partial charge in [0.05, 0.1) is 11.1 Å². The normalized spacial score (nSPS) is 13.4. The summed E-state index contributed by atoms with van der Waals surface area (Å²) in [5.41, 5.74) is 8.48. The molecule has 20 heavy (non-hydrogen) atoms. The molecular formula is C15H14BrNO3. The molecule has 0 saturated heterocycles. The van der Waals surface area contributed by atoms with Crippen LogP contribution in [0, 0.1) is 0 Å². The second kappa shape index (κ2) is 5.73. The molecule has 0 bridgehead atoms. The zero-order valence-electron chi connectivity index (χ0n) is 10.8. The molecule has 5 heteroatoms. The highest BCUT2D eigenvalue weighted by Crippen LogP contribution is 2.32. The van der Waals surface area contributed by atoms with Gasteiger partial charge in [-0.15, -0.1) is 0 Å². The van der Waals surface area contributed by atoms with E-state index >= 15 is 0 Å². The molecule has 0 radical (unpaired) electrons. The van der Waals surface area contributed by atoms with Crippen LogP contribution in [-0.4, -0.2) is 6.79 Å². The van der Waals surface area contributed by atoms with Crippen molar-refractivity contribution in [3.8, 4) is 11.5 Å². The summed E-state index contributed by atoms with van der Waals surface area (Å²) >= 11 is 3.46. The second-order valence-electron chi connectivity index (χ2n) is 4.50. The maximum absolute atomic E-state index is 5.91. The number of rotatable bonds is 3. The van der Waals surface area contributed by atoms with Crippen LogP contribution in [0.25, 0.3) is 0 Å². The first kappa shape index (κ1) is 13.3. The van der Waals surface area contributed by atoms with Gasteiger partial charge in [0.25, 0.3) is 0 Å². The summed E-state index contributed by atoms with van der Waals surface area (Å²) in [7, 11) is 0. The lowest BCUT2D eigenvalue weighted by atomic mass is 10.1. The summed E-state index contributed by atoms with van der Waals surface area (Å²) < 4.78 is 17.6. The first-order chi connectivity index (χ1) is 9.74. The van der Waals surface area contributed by atoms with Crippen LogP contribution in [0.15, 0.2) is 40.9 Å². The standard InChI is InChI=1S/C15H14BrNO3/c16-13-3-1-2-4-14(13)19-8-11-6-12(17)5-10-7-18-9-20-15(10)11/h1-6H,7-9,17H2. The minimum Gasteiger partial charge on any atom is -0.488 e. The predicted octanol–water partition coefficient (Wildman–Crippen LogP) is 3.48. The van der Waals surface area contributed by atoms with Crippen LogP contribution in [0.4, 0.5) is 5.69 Å². The van der Waals surface area contributed by atoms with Gasteiger partial charge in [-0.3, -0.25) is 0 Å². The van der Waals surface area contributed by atoms with Crippen molar-refractivity contribution in [1.29, 1.82) is 0 Å². The van der Waals surface area contributed by atoms with E-state index < -0.39 is 0 Å². The predicted molar refractivity (Wildman–Crippen MR) is 79.6 cm³/mol. The van der Waals surface area contributed by atoms with E-state index in [0.717, 1.165) is 27.1 Å². The van der Waals surface area contributed by atoms with Crippen molar-refractivity contribution in [3.63, 3.8) is 0 Å². The van der Waals surface area contributed by atoms with Crippen LogP contribution in [0.1, 0.15) is 11.1 Å². The Labute approximate surface area is 125 Å². The Hall–Kier alpha value is -1.72. The van der Waals surface area contributed by atoms with Gasteiger partial charge in [0.15, 0.2) is 6.79 Å². The number of hydrogen-bond acceptors (Lipinski definition) is 4. The van der Waals surface area contributed by atoms with E-state index in [-0.39, 0.29) is 6.79 Å². The van der Waals surface area contributed by atoms with Gasteiger partial charge in [-0.2, -0.15) is 0 Å². The Balaban J connectivity index is 1.84. The fraction of sp³-hybridized carbons (Fsp3) is 0.200. The molecule has 3 rings (SSSR count). The SMILES string of the molecule is Nc1cc2c(c(COc3ccccc3Br)c1)OCOC2. The molecule has 104 valence electrons. The van der Waals surface area contributed by atoms with Crippen LogP contribution in [0.2, 0.25) is 0 Å². The highest BCUT2D eigenvalue weighted by Gasteiger charge is 2.16. The molecule has 2 aromatic carbocycles. The highest BCUT2D eigenvalue weighted by molar-refractivity contribution is 9.10. The number of halogens is 1. The highest BCUT2D eigenvalue weighted by atomic mass is 79.9. The summed E-state index contributed by atoms with van der Waals surface area (Å²) in [6.07, 6.45) is 0. The minimum atomic E-state index is 0.263. The topological polar surface area (TPSA) is 53.7 Å². The van der Waals surface area contributed by atoms with Crippen molar-refractivity contribution in [2.24, 2.45) is 0 Å². The Morgan fingerprint density at radius 3 is 2.95 bits per heavy atom. The molecule has 4 nitrogen and oxygen atoms in total. The lowest BCUT2D eigenvalue weighted by Gasteiger charge is -2.21. The van der Waals surface area contributed by atoms with Crippen molar-refractivity contribution in [2.75, 3.05) is 12.5 Å². The molecule has 1 aliphatic rings. The number of nitrogen functional groups attached to an aromatic ring is 1. The number of benzene rings is 2. The van der Waals surface area contributed by atoms with Gasteiger partial charge in [-0.25, -0.2) is 0 Å². The minimum absolute atomic E-state index is 0.263. The van der Waals surface area contributed by atoms with Crippen LogP contribution >= 0.6 is 15.9 Å². The molecule has 0 atom stereocenters. The number of nitrogens with two attached hydrogens (primary N) is 1. The maximum atomic E-state index is 5.91. The number of anilines is 1. The van der Waals surface area contributed by atoms with Crippen LogP contribution in [0.5, 0.6) is 11.5 Å². The van der Waals surface area contributed by atoms with E-state index in [2.05, 4.69) is 15.9 Å². The smallest absolute Gasteiger partial charge is 0.189 e. The first-order valence-corrected chi connectivity index (χ1v) is 7.02. The molecule has 1 aliphatic heterocycles.